The van der Waals surface area contributed by atoms with Crippen LogP contribution in [0.25, 0.3) is 0 Å². The van der Waals surface area contributed by atoms with Crippen LogP contribution in [0.1, 0.15) is 17.3 Å². The van der Waals surface area contributed by atoms with Crippen LogP contribution >= 0.6 is 0 Å². The minimum absolute atomic E-state index is 0.0186. The van der Waals surface area contributed by atoms with Crippen molar-refractivity contribution in [3.63, 3.8) is 0 Å². The van der Waals surface area contributed by atoms with Gasteiger partial charge in [0.05, 0.1) is 11.8 Å². The Hall–Kier alpha value is -2.40. The second-order valence-corrected chi connectivity index (χ2v) is 5.90. The van der Waals surface area contributed by atoms with Gasteiger partial charge in [0.1, 0.15) is 11.5 Å². The molecule has 5 heteroatoms. The Morgan fingerprint density at radius 3 is 2.78 bits per heavy atom. The molecule has 1 unspecified atom stereocenters. The maximum Gasteiger partial charge on any atom is 0.257 e. The van der Waals surface area contributed by atoms with Gasteiger partial charge in [-0.15, -0.1) is 0 Å². The zero-order chi connectivity index (χ0) is 16.2. The zero-order valence-electron chi connectivity index (χ0n) is 13.5. The second-order valence-electron chi connectivity index (χ2n) is 5.90. The van der Waals surface area contributed by atoms with E-state index in [9.17, 15) is 4.79 Å². The maximum atomic E-state index is 12.9. The van der Waals surface area contributed by atoms with Gasteiger partial charge >= 0.3 is 0 Å². The molecule has 1 fully saturated rings. The van der Waals surface area contributed by atoms with Crippen LogP contribution < -0.4 is 4.74 Å². The highest BCUT2D eigenvalue weighted by Gasteiger charge is 2.28. The highest BCUT2D eigenvalue weighted by Crippen LogP contribution is 2.26. The standard InChI is InChI=1S/C18H21N3O2/c1-14-13-20(2)10-11-21(14)18(22)16-7-3-4-8-17(16)23-15-6-5-9-19-12-15/h3-9,12,14H,10-11,13H2,1-2H3. The van der Waals surface area contributed by atoms with Crippen molar-refractivity contribution in [3.05, 3.63) is 54.4 Å². The highest BCUT2D eigenvalue weighted by molar-refractivity contribution is 5.97. The molecule has 0 bridgehead atoms. The quantitative estimate of drug-likeness (QED) is 0.874. The molecule has 1 atom stereocenters. The molecule has 3 rings (SSSR count). The SMILES string of the molecule is CC1CN(C)CCN1C(=O)c1ccccc1Oc1cccnc1. The van der Waals surface area contributed by atoms with Crippen LogP contribution in [0.15, 0.2) is 48.8 Å². The summed E-state index contributed by atoms with van der Waals surface area (Å²) < 4.78 is 5.86. The van der Waals surface area contributed by atoms with E-state index in [1.54, 1.807) is 12.4 Å². The van der Waals surface area contributed by atoms with Gasteiger partial charge in [0.15, 0.2) is 0 Å². The van der Waals surface area contributed by atoms with E-state index in [1.807, 2.05) is 41.3 Å². The minimum Gasteiger partial charge on any atom is -0.455 e. The van der Waals surface area contributed by atoms with Crippen LogP contribution in [0, 0.1) is 0 Å². The fraction of sp³-hybridized carbons (Fsp3) is 0.333. The molecule has 2 aromatic rings. The van der Waals surface area contributed by atoms with E-state index >= 15 is 0 Å². The van der Waals surface area contributed by atoms with Gasteiger partial charge in [0.25, 0.3) is 5.91 Å². The Morgan fingerprint density at radius 1 is 1.22 bits per heavy atom. The number of para-hydroxylation sites is 1. The summed E-state index contributed by atoms with van der Waals surface area (Å²) in [5, 5.41) is 0. The summed E-state index contributed by atoms with van der Waals surface area (Å²) in [7, 11) is 2.08. The molecule has 1 amide bonds. The summed E-state index contributed by atoms with van der Waals surface area (Å²) in [6.45, 7) is 4.59. The summed E-state index contributed by atoms with van der Waals surface area (Å²) in [4.78, 5) is 21.1. The molecule has 1 aromatic carbocycles. The van der Waals surface area contributed by atoms with Crippen molar-refractivity contribution >= 4 is 5.91 Å². The number of amides is 1. The number of carbonyl (C=O) groups is 1. The number of rotatable bonds is 3. The minimum atomic E-state index is 0.0186. The van der Waals surface area contributed by atoms with E-state index in [-0.39, 0.29) is 11.9 Å². The van der Waals surface area contributed by atoms with Gasteiger partial charge in [-0.05, 0) is 38.2 Å². The smallest absolute Gasteiger partial charge is 0.257 e. The Kier molecular flexibility index (Phi) is 4.57. The molecule has 1 saturated heterocycles. The average molecular weight is 311 g/mol. The van der Waals surface area contributed by atoms with E-state index in [2.05, 4.69) is 23.9 Å². The molecule has 0 aliphatic carbocycles. The van der Waals surface area contributed by atoms with E-state index in [0.717, 1.165) is 19.6 Å². The summed E-state index contributed by atoms with van der Waals surface area (Å²) in [5.74, 6) is 1.21. The van der Waals surface area contributed by atoms with Crippen LogP contribution in [0.3, 0.4) is 0 Å². The van der Waals surface area contributed by atoms with Gasteiger partial charge in [-0.25, -0.2) is 0 Å². The second kappa shape index (κ2) is 6.79. The third-order valence-electron chi connectivity index (χ3n) is 4.07. The molecule has 5 nitrogen and oxygen atoms in total. The van der Waals surface area contributed by atoms with Crippen molar-refractivity contribution in [2.75, 3.05) is 26.7 Å². The normalized spacial score (nSPS) is 18.7. The predicted octanol–water partition coefficient (Wildman–Crippen LogP) is 2.65. The monoisotopic (exact) mass is 311 g/mol. The number of hydrogen-bond acceptors (Lipinski definition) is 4. The third kappa shape index (κ3) is 3.51. The number of piperazine rings is 1. The van der Waals surface area contributed by atoms with E-state index in [4.69, 9.17) is 4.74 Å². The van der Waals surface area contributed by atoms with Gasteiger partial charge in [0.2, 0.25) is 0 Å². The molecule has 0 saturated carbocycles. The summed E-state index contributed by atoms with van der Waals surface area (Å²) in [6, 6.07) is 11.2. The number of carbonyl (C=O) groups excluding carboxylic acids is 1. The molecular weight excluding hydrogens is 290 g/mol. The van der Waals surface area contributed by atoms with Crippen molar-refractivity contribution in [2.24, 2.45) is 0 Å². The topological polar surface area (TPSA) is 45.7 Å². The Balaban J connectivity index is 1.84. The molecule has 1 aliphatic heterocycles. The van der Waals surface area contributed by atoms with Gasteiger partial charge in [0, 0.05) is 31.9 Å². The third-order valence-corrected chi connectivity index (χ3v) is 4.07. The molecule has 120 valence electrons. The number of hydrogen-bond donors (Lipinski definition) is 0. The van der Waals surface area contributed by atoms with Crippen molar-refractivity contribution in [1.29, 1.82) is 0 Å². The molecule has 0 N–H and O–H groups in total. The molecule has 1 aliphatic rings. The highest BCUT2D eigenvalue weighted by atomic mass is 16.5. The Bertz CT molecular complexity index is 675. The fourth-order valence-corrected chi connectivity index (χ4v) is 2.86. The predicted molar refractivity (Wildman–Crippen MR) is 88.7 cm³/mol. The van der Waals surface area contributed by atoms with E-state index < -0.39 is 0 Å². The number of aromatic nitrogens is 1. The van der Waals surface area contributed by atoms with Crippen molar-refractivity contribution in [1.82, 2.24) is 14.8 Å². The van der Waals surface area contributed by atoms with Gasteiger partial charge < -0.3 is 14.5 Å². The largest absolute Gasteiger partial charge is 0.455 e. The lowest BCUT2D eigenvalue weighted by Crippen LogP contribution is -2.52. The first kappa shape index (κ1) is 15.5. The van der Waals surface area contributed by atoms with E-state index in [1.165, 1.54) is 0 Å². The lowest BCUT2D eigenvalue weighted by atomic mass is 10.1. The van der Waals surface area contributed by atoms with Crippen LogP contribution in [-0.2, 0) is 0 Å². The number of nitrogens with zero attached hydrogens (tertiary/aromatic N) is 3. The number of benzene rings is 1. The first-order valence-electron chi connectivity index (χ1n) is 7.81. The molecule has 2 heterocycles. The number of pyridine rings is 1. The van der Waals surface area contributed by atoms with Crippen molar-refractivity contribution < 1.29 is 9.53 Å². The number of ether oxygens (including phenoxy) is 1. The Morgan fingerprint density at radius 2 is 2.04 bits per heavy atom. The summed E-state index contributed by atoms with van der Waals surface area (Å²) in [5.41, 5.74) is 0.591. The average Bonchev–Trinajstić information content (AvgIpc) is 2.56. The lowest BCUT2D eigenvalue weighted by Gasteiger charge is -2.38. The molecule has 23 heavy (non-hydrogen) atoms. The first-order chi connectivity index (χ1) is 11.1. The van der Waals surface area contributed by atoms with Crippen LogP contribution in [0.5, 0.6) is 11.5 Å². The molecule has 1 aromatic heterocycles. The molecule has 0 radical (unpaired) electrons. The van der Waals surface area contributed by atoms with Crippen LogP contribution in [-0.4, -0.2) is 53.4 Å². The van der Waals surface area contributed by atoms with E-state index in [0.29, 0.717) is 17.1 Å². The lowest BCUT2D eigenvalue weighted by molar-refractivity contribution is 0.0531. The Labute approximate surface area is 136 Å². The van der Waals surface area contributed by atoms with Gasteiger partial charge in [-0.3, -0.25) is 9.78 Å². The van der Waals surface area contributed by atoms with Crippen molar-refractivity contribution in [3.8, 4) is 11.5 Å². The van der Waals surface area contributed by atoms with Crippen molar-refractivity contribution in [2.45, 2.75) is 13.0 Å². The van der Waals surface area contributed by atoms with Gasteiger partial charge in [-0.1, -0.05) is 12.1 Å². The van der Waals surface area contributed by atoms with Crippen LogP contribution in [0.4, 0.5) is 0 Å². The van der Waals surface area contributed by atoms with Gasteiger partial charge in [-0.2, -0.15) is 0 Å². The molecule has 0 spiro atoms. The maximum absolute atomic E-state index is 12.9. The first-order valence-corrected chi connectivity index (χ1v) is 7.81. The summed E-state index contributed by atoms with van der Waals surface area (Å²) in [6.07, 6.45) is 3.33. The summed E-state index contributed by atoms with van der Waals surface area (Å²) >= 11 is 0. The zero-order valence-corrected chi connectivity index (χ0v) is 13.5. The fourth-order valence-electron chi connectivity index (χ4n) is 2.86. The van der Waals surface area contributed by atoms with Crippen LogP contribution in [0.2, 0.25) is 0 Å². The number of likely N-dealkylation sites (N-methyl/N-ethyl adjacent to an activating group) is 1. The molecular formula is C18H21N3O2.